The van der Waals surface area contributed by atoms with Gasteiger partial charge in [0.05, 0.1) is 11.5 Å². The summed E-state index contributed by atoms with van der Waals surface area (Å²) in [6, 6.07) is 9.25. The van der Waals surface area contributed by atoms with Gasteiger partial charge in [-0.1, -0.05) is 64.6 Å². The molecule has 2 spiro atoms. The van der Waals surface area contributed by atoms with Crippen molar-refractivity contribution < 1.29 is 43.6 Å². The molecule has 1 unspecified atom stereocenters. The van der Waals surface area contributed by atoms with Crippen LogP contribution >= 0.6 is 0 Å². The molecule has 9 atom stereocenters. The van der Waals surface area contributed by atoms with Gasteiger partial charge in [0.1, 0.15) is 29.7 Å². The van der Waals surface area contributed by atoms with Gasteiger partial charge in [0, 0.05) is 48.5 Å². The number of carbonyl (C=O) groups is 4. The van der Waals surface area contributed by atoms with Crippen molar-refractivity contribution >= 4 is 29.8 Å². The molecule has 42 heavy (non-hydrogen) atoms. The number of aliphatic hydroxyl groups is 2. The molecule has 0 aromatic heterocycles. The highest BCUT2D eigenvalue weighted by Gasteiger charge is 2.95. The molecular formula is C33H40O9. The molecule has 5 rings (SSSR count). The van der Waals surface area contributed by atoms with Gasteiger partial charge in [0.25, 0.3) is 0 Å². The normalized spacial score (nSPS) is 41.7. The van der Waals surface area contributed by atoms with Crippen molar-refractivity contribution in [2.75, 3.05) is 0 Å². The second-order valence-electron chi connectivity index (χ2n) is 13.2. The molecular weight excluding hydrogens is 540 g/mol. The van der Waals surface area contributed by atoms with Crippen LogP contribution in [-0.4, -0.2) is 63.9 Å². The number of rotatable bonds is 5. The SMILES string of the molecule is C=C1[C@@H](OC(=O)/C=C/c2ccccc2)CC[C@]2(C)[C@@H](O)[C@H](OC(C)=O)[C@@]34[C@H](C)C(=O)C[C@@](O)([C@@H](OC(C)=O)C132)C4(C)C. The van der Waals surface area contributed by atoms with E-state index >= 15 is 0 Å². The van der Waals surface area contributed by atoms with Crippen LogP contribution in [0.1, 0.15) is 66.4 Å². The smallest absolute Gasteiger partial charge is 0.331 e. The van der Waals surface area contributed by atoms with Gasteiger partial charge in [-0.15, -0.1) is 0 Å². The van der Waals surface area contributed by atoms with Gasteiger partial charge in [-0.25, -0.2) is 4.79 Å². The molecule has 4 fully saturated rings. The first-order valence-electron chi connectivity index (χ1n) is 14.4. The van der Waals surface area contributed by atoms with E-state index in [1.807, 2.05) is 30.3 Å². The summed E-state index contributed by atoms with van der Waals surface area (Å²) < 4.78 is 17.9. The Bertz CT molecular complexity index is 1380. The van der Waals surface area contributed by atoms with Gasteiger partial charge >= 0.3 is 17.9 Å². The molecule has 1 aromatic rings. The fourth-order valence-corrected chi connectivity index (χ4v) is 9.77. The Kier molecular flexibility index (Phi) is 6.90. The minimum Gasteiger partial charge on any atom is -0.459 e. The Morgan fingerprint density at radius 1 is 1.02 bits per heavy atom. The highest BCUT2D eigenvalue weighted by atomic mass is 16.6. The molecule has 0 amide bonds. The molecule has 0 saturated heterocycles. The van der Waals surface area contributed by atoms with E-state index in [2.05, 4.69) is 6.58 Å². The van der Waals surface area contributed by atoms with Crippen LogP contribution < -0.4 is 0 Å². The molecule has 4 aliphatic rings. The van der Waals surface area contributed by atoms with E-state index in [4.69, 9.17) is 14.2 Å². The monoisotopic (exact) mass is 580 g/mol. The molecule has 4 aliphatic carbocycles. The van der Waals surface area contributed by atoms with Crippen molar-refractivity contribution in [1.82, 2.24) is 0 Å². The fourth-order valence-electron chi connectivity index (χ4n) is 9.77. The van der Waals surface area contributed by atoms with E-state index in [-0.39, 0.29) is 25.0 Å². The first kappa shape index (κ1) is 30.2. The number of ether oxygens (including phenoxy) is 3. The van der Waals surface area contributed by atoms with Crippen LogP contribution in [0.2, 0.25) is 0 Å². The number of aliphatic hydroxyl groups excluding tert-OH is 1. The zero-order valence-corrected chi connectivity index (χ0v) is 25.0. The van der Waals surface area contributed by atoms with Crippen LogP contribution in [0.15, 0.2) is 48.6 Å². The van der Waals surface area contributed by atoms with E-state index in [1.54, 1.807) is 33.8 Å². The van der Waals surface area contributed by atoms with E-state index in [9.17, 15) is 29.4 Å². The zero-order chi connectivity index (χ0) is 31.0. The topological polar surface area (TPSA) is 136 Å². The largest absolute Gasteiger partial charge is 0.459 e. The van der Waals surface area contributed by atoms with Gasteiger partial charge in [-0.3, -0.25) is 14.4 Å². The Morgan fingerprint density at radius 2 is 1.64 bits per heavy atom. The lowest BCUT2D eigenvalue weighted by molar-refractivity contribution is -0.216. The Labute approximate surface area is 245 Å². The third kappa shape index (κ3) is 3.43. The lowest BCUT2D eigenvalue weighted by atomic mass is 9.42. The Balaban J connectivity index is 1.72. The van der Waals surface area contributed by atoms with Crippen molar-refractivity contribution in [2.24, 2.45) is 27.6 Å². The molecule has 0 aliphatic heterocycles. The highest BCUT2D eigenvalue weighted by Crippen LogP contribution is 2.87. The number of Topliss-reactive ketones (excluding diaryl/α,β-unsaturated/α-hetero) is 1. The predicted molar refractivity (Wildman–Crippen MR) is 151 cm³/mol. The number of esters is 3. The average molecular weight is 581 g/mol. The minimum atomic E-state index is -1.90. The quantitative estimate of drug-likeness (QED) is 0.232. The average Bonchev–Trinajstić information content (AvgIpc) is 3.13. The Morgan fingerprint density at radius 3 is 2.24 bits per heavy atom. The predicted octanol–water partition coefficient (Wildman–Crippen LogP) is 3.56. The maximum Gasteiger partial charge on any atom is 0.331 e. The van der Waals surface area contributed by atoms with Crippen LogP contribution in [-0.2, 0) is 33.4 Å². The zero-order valence-electron chi connectivity index (χ0n) is 25.0. The molecule has 2 bridgehead atoms. The van der Waals surface area contributed by atoms with Crippen LogP contribution in [0.25, 0.3) is 6.08 Å². The summed E-state index contributed by atoms with van der Waals surface area (Å²) in [5, 5.41) is 24.6. The summed E-state index contributed by atoms with van der Waals surface area (Å²) in [6.45, 7) is 13.9. The maximum absolute atomic E-state index is 13.8. The lowest BCUT2D eigenvalue weighted by Gasteiger charge is -2.60. The number of ketones is 1. The first-order chi connectivity index (χ1) is 19.5. The van der Waals surface area contributed by atoms with Crippen LogP contribution in [0, 0.1) is 27.6 Å². The van der Waals surface area contributed by atoms with Crippen molar-refractivity contribution in [1.29, 1.82) is 0 Å². The number of hydrogen-bond acceptors (Lipinski definition) is 9. The second-order valence-corrected chi connectivity index (χ2v) is 13.2. The standard InChI is InChI=1S/C33H40O9/c1-18-23(36)17-31(39)28(41-21(4)35)33-19(2)24(42-25(37)14-13-22-11-9-8-10-12-22)15-16-30(33,7)26(38)27(40-20(3)34)32(18,33)29(31,5)6/h8-14,18,24,26-28,38-39H,2,15-17H2,1,3-7H3/b14-13+/t18-,24+,26+,27+,28-,30-,31-,32-,33?/m1/s1. The van der Waals surface area contributed by atoms with Crippen molar-refractivity contribution in [2.45, 2.75) is 90.8 Å². The van der Waals surface area contributed by atoms with Crippen molar-refractivity contribution in [3.63, 3.8) is 0 Å². The summed E-state index contributed by atoms with van der Waals surface area (Å²) >= 11 is 0. The highest BCUT2D eigenvalue weighted by molar-refractivity contribution is 5.88. The maximum atomic E-state index is 13.8. The third-order valence-electron chi connectivity index (χ3n) is 11.4. The van der Waals surface area contributed by atoms with Gasteiger partial charge in [0.15, 0.2) is 0 Å². The summed E-state index contributed by atoms with van der Waals surface area (Å²) in [4.78, 5) is 52.1. The van der Waals surface area contributed by atoms with Crippen LogP contribution in [0.4, 0.5) is 0 Å². The molecule has 2 N–H and O–H groups in total. The number of benzene rings is 1. The van der Waals surface area contributed by atoms with Gasteiger partial charge in [-0.05, 0) is 30.1 Å². The number of fused-ring (bicyclic) bond motifs is 1. The van der Waals surface area contributed by atoms with E-state index in [0.717, 1.165) is 5.56 Å². The van der Waals surface area contributed by atoms with Gasteiger partial charge in [0.2, 0.25) is 0 Å². The van der Waals surface area contributed by atoms with Crippen molar-refractivity contribution in [3.05, 3.63) is 54.1 Å². The molecule has 0 heterocycles. The van der Waals surface area contributed by atoms with E-state index in [1.165, 1.54) is 19.9 Å². The Hall–Kier alpha value is -3.30. The van der Waals surface area contributed by atoms with Gasteiger partial charge < -0.3 is 24.4 Å². The summed E-state index contributed by atoms with van der Waals surface area (Å²) in [7, 11) is 0. The second kappa shape index (κ2) is 9.61. The molecule has 226 valence electrons. The first-order valence-corrected chi connectivity index (χ1v) is 14.4. The van der Waals surface area contributed by atoms with Crippen molar-refractivity contribution in [3.8, 4) is 0 Å². The molecule has 4 saturated carbocycles. The molecule has 9 heteroatoms. The summed E-state index contributed by atoms with van der Waals surface area (Å²) in [5.74, 6) is -3.13. The van der Waals surface area contributed by atoms with E-state index < -0.39 is 75.5 Å². The van der Waals surface area contributed by atoms with Crippen LogP contribution in [0.3, 0.4) is 0 Å². The lowest BCUT2D eigenvalue weighted by Crippen LogP contribution is -2.65. The third-order valence-corrected chi connectivity index (χ3v) is 11.4. The fraction of sp³-hybridized carbons (Fsp3) is 0.576. The van der Waals surface area contributed by atoms with E-state index in [0.29, 0.717) is 5.57 Å². The molecule has 9 nitrogen and oxygen atoms in total. The number of carbonyl (C=O) groups excluding carboxylic acids is 4. The molecule has 0 radical (unpaired) electrons. The minimum absolute atomic E-state index is 0.248. The summed E-state index contributed by atoms with van der Waals surface area (Å²) in [5.41, 5.74) is -6.18. The molecule has 1 aromatic carbocycles. The number of hydrogen-bond donors (Lipinski definition) is 2. The van der Waals surface area contributed by atoms with Gasteiger partial charge in [-0.2, -0.15) is 0 Å². The van der Waals surface area contributed by atoms with Crippen LogP contribution in [0.5, 0.6) is 0 Å². The summed E-state index contributed by atoms with van der Waals surface area (Å²) in [6.07, 6.45) is -1.63.